The summed E-state index contributed by atoms with van der Waals surface area (Å²) in [6.07, 6.45) is 4.04. The molecule has 0 aromatic carbocycles. The molecule has 0 atom stereocenters. The number of likely N-dealkylation sites (tertiary alicyclic amines) is 1. The summed E-state index contributed by atoms with van der Waals surface area (Å²) in [6, 6.07) is 0. The first-order chi connectivity index (χ1) is 8.66. The van der Waals surface area contributed by atoms with Crippen LogP contribution in [0.4, 0.5) is 11.6 Å². The molecule has 1 aliphatic heterocycles. The molecular formula is C13H23N5. The molecule has 1 fully saturated rings. The van der Waals surface area contributed by atoms with Crippen LogP contribution in [0.3, 0.4) is 0 Å². The number of hydrogen-bond acceptors (Lipinski definition) is 5. The molecule has 1 aromatic rings. The van der Waals surface area contributed by atoms with Gasteiger partial charge in [0.25, 0.3) is 0 Å². The maximum absolute atomic E-state index is 5.83. The minimum absolute atomic E-state index is 0.572. The van der Waals surface area contributed by atoms with Crippen LogP contribution in [0.25, 0.3) is 0 Å². The van der Waals surface area contributed by atoms with Crippen molar-refractivity contribution in [1.29, 1.82) is 0 Å². The lowest BCUT2D eigenvalue weighted by atomic mass is 10.1. The van der Waals surface area contributed by atoms with Crippen LogP contribution >= 0.6 is 0 Å². The van der Waals surface area contributed by atoms with E-state index in [9.17, 15) is 0 Å². The molecule has 5 nitrogen and oxygen atoms in total. The summed E-state index contributed by atoms with van der Waals surface area (Å²) in [5, 5.41) is 3.37. The number of rotatable bonds is 4. The van der Waals surface area contributed by atoms with Gasteiger partial charge in [0.1, 0.15) is 17.5 Å². The summed E-state index contributed by atoms with van der Waals surface area (Å²) >= 11 is 0. The van der Waals surface area contributed by atoms with E-state index in [-0.39, 0.29) is 0 Å². The zero-order valence-electron chi connectivity index (χ0n) is 11.4. The summed E-state index contributed by atoms with van der Waals surface area (Å²) in [7, 11) is 0. The highest BCUT2D eigenvalue weighted by atomic mass is 15.2. The van der Waals surface area contributed by atoms with Gasteiger partial charge in [0.2, 0.25) is 0 Å². The molecule has 18 heavy (non-hydrogen) atoms. The molecule has 100 valence electrons. The lowest BCUT2D eigenvalue weighted by Gasteiger charge is -2.26. The van der Waals surface area contributed by atoms with E-state index < -0.39 is 0 Å². The molecule has 0 aliphatic carbocycles. The zero-order chi connectivity index (χ0) is 13.0. The summed E-state index contributed by atoms with van der Waals surface area (Å²) in [5.74, 6) is 2.17. The SMILES string of the molecule is Cc1nc(N)c(C)c(NCCN2CCCCC2)n1. The Morgan fingerprint density at radius 1 is 1.17 bits per heavy atom. The number of aryl methyl sites for hydroxylation is 1. The number of nitrogens with zero attached hydrogens (tertiary/aromatic N) is 3. The van der Waals surface area contributed by atoms with Gasteiger partial charge in [-0.2, -0.15) is 0 Å². The zero-order valence-corrected chi connectivity index (χ0v) is 11.4. The maximum atomic E-state index is 5.83. The number of nitrogen functional groups attached to an aromatic ring is 1. The molecule has 2 heterocycles. The van der Waals surface area contributed by atoms with Crippen LogP contribution in [0.2, 0.25) is 0 Å². The van der Waals surface area contributed by atoms with Crippen molar-refractivity contribution in [3.05, 3.63) is 11.4 Å². The molecule has 5 heteroatoms. The first kappa shape index (κ1) is 13.1. The molecule has 0 saturated carbocycles. The van der Waals surface area contributed by atoms with E-state index in [1.165, 1.54) is 32.4 Å². The third-order valence-corrected chi connectivity index (χ3v) is 3.46. The van der Waals surface area contributed by atoms with E-state index in [2.05, 4.69) is 20.2 Å². The molecule has 1 aromatic heterocycles. The van der Waals surface area contributed by atoms with Crippen molar-refractivity contribution >= 4 is 11.6 Å². The Morgan fingerprint density at radius 2 is 1.89 bits per heavy atom. The number of anilines is 2. The third kappa shape index (κ3) is 3.32. The Labute approximate surface area is 109 Å². The average Bonchev–Trinajstić information content (AvgIpc) is 2.36. The van der Waals surface area contributed by atoms with Crippen LogP contribution in [-0.4, -0.2) is 41.0 Å². The molecule has 1 aliphatic rings. The molecule has 0 unspecified atom stereocenters. The largest absolute Gasteiger partial charge is 0.383 e. The van der Waals surface area contributed by atoms with Gasteiger partial charge in [-0.3, -0.25) is 0 Å². The van der Waals surface area contributed by atoms with Crippen LogP contribution in [0, 0.1) is 13.8 Å². The van der Waals surface area contributed by atoms with Gasteiger partial charge in [0, 0.05) is 18.7 Å². The van der Waals surface area contributed by atoms with Gasteiger partial charge in [-0.15, -0.1) is 0 Å². The minimum atomic E-state index is 0.572. The first-order valence-electron chi connectivity index (χ1n) is 6.74. The van der Waals surface area contributed by atoms with Crippen LogP contribution < -0.4 is 11.1 Å². The van der Waals surface area contributed by atoms with E-state index in [1.54, 1.807) is 0 Å². The van der Waals surface area contributed by atoms with Gasteiger partial charge in [-0.1, -0.05) is 6.42 Å². The van der Waals surface area contributed by atoms with E-state index in [4.69, 9.17) is 5.73 Å². The number of aromatic nitrogens is 2. The van der Waals surface area contributed by atoms with Crippen LogP contribution in [-0.2, 0) is 0 Å². The highest BCUT2D eigenvalue weighted by molar-refractivity contribution is 5.54. The van der Waals surface area contributed by atoms with Crippen molar-refractivity contribution in [2.75, 3.05) is 37.2 Å². The van der Waals surface area contributed by atoms with E-state index in [1.807, 2.05) is 13.8 Å². The van der Waals surface area contributed by atoms with Gasteiger partial charge in [-0.05, 0) is 39.8 Å². The number of nitrogens with one attached hydrogen (secondary N) is 1. The van der Waals surface area contributed by atoms with Crippen LogP contribution in [0.15, 0.2) is 0 Å². The monoisotopic (exact) mass is 249 g/mol. The second kappa shape index (κ2) is 6.00. The molecule has 1 saturated heterocycles. The molecular weight excluding hydrogens is 226 g/mol. The summed E-state index contributed by atoms with van der Waals surface area (Å²) in [5.41, 5.74) is 6.78. The van der Waals surface area contributed by atoms with Gasteiger partial charge in [0.05, 0.1) is 0 Å². The third-order valence-electron chi connectivity index (χ3n) is 3.46. The molecule has 0 bridgehead atoms. The number of piperidine rings is 1. The van der Waals surface area contributed by atoms with Crippen molar-refractivity contribution in [2.45, 2.75) is 33.1 Å². The fourth-order valence-corrected chi connectivity index (χ4v) is 2.34. The second-order valence-electron chi connectivity index (χ2n) is 4.96. The maximum Gasteiger partial charge on any atom is 0.134 e. The summed E-state index contributed by atoms with van der Waals surface area (Å²) < 4.78 is 0. The quantitative estimate of drug-likeness (QED) is 0.848. The molecule has 3 N–H and O–H groups in total. The Hall–Kier alpha value is -1.36. The van der Waals surface area contributed by atoms with Gasteiger partial charge < -0.3 is 16.0 Å². The highest BCUT2D eigenvalue weighted by Gasteiger charge is 2.10. The van der Waals surface area contributed by atoms with E-state index in [0.717, 1.165) is 30.3 Å². The Morgan fingerprint density at radius 3 is 2.61 bits per heavy atom. The van der Waals surface area contributed by atoms with Crippen molar-refractivity contribution in [1.82, 2.24) is 14.9 Å². The lowest BCUT2D eigenvalue weighted by Crippen LogP contribution is -2.33. The topological polar surface area (TPSA) is 67.1 Å². The van der Waals surface area contributed by atoms with Crippen molar-refractivity contribution in [3.63, 3.8) is 0 Å². The smallest absolute Gasteiger partial charge is 0.134 e. The van der Waals surface area contributed by atoms with E-state index in [0.29, 0.717) is 5.82 Å². The standard InChI is InChI=1S/C13H23N5/c1-10-12(14)16-11(2)17-13(10)15-6-9-18-7-4-3-5-8-18/h3-9H2,1-2H3,(H3,14,15,16,17). The van der Waals surface area contributed by atoms with Crippen molar-refractivity contribution in [2.24, 2.45) is 0 Å². The summed E-state index contributed by atoms with van der Waals surface area (Å²) in [4.78, 5) is 11.0. The lowest BCUT2D eigenvalue weighted by molar-refractivity contribution is 0.237. The van der Waals surface area contributed by atoms with Crippen molar-refractivity contribution < 1.29 is 0 Å². The minimum Gasteiger partial charge on any atom is -0.383 e. The number of hydrogen-bond donors (Lipinski definition) is 2. The molecule has 2 rings (SSSR count). The first-order valence-corrected chi connectivity index (χ1v) is 6.74. The van der Waals surface area contributed by atoms with E-state index >= 15 is 0 Å². The van der Waals surface area contributed by atoms with Crippen LogP contribution in [0.5, 0.6) is 0 Å². The predicted octanol–water partition coefficient (Wildman–Crippen LogP) is 1.57. The molecule has 0 amide bonds. The van der Waals surface area contributed by atoms with Gasteiger partial charge >= 0.3 is 0 Å². The highest BCUT2D eigenvalue weighted by Crippen LogP contribution is 2.16. The number of nitrogens with two attached hydrogens (primary N) is 1. The second-order valence-corrected chi connectivity index (χ2v) is 4.96. The van der Waals surface area contributed by atoms with Crippen LogP contribution in [0.1, 0.15) is 30.7 Å². The van der Waals surface area contributed by atoms with Gasteiger partial charge in [0.15, 0.2) is 0 Å². The van der Waals surface area contributed by atoms with Crippen molar-refractivity contribution in [3.8, 4) is 0 Å². The predicted molar refractivity (Wildman–Crippen MR) is 74.7 cm³/mol. The molecule has 0 spiro atoms. The average molecular weight is 249 g/mol. The Balaban J connectivity index is 1.86. The normalized spacial score (nSPS) is 16.8. The summed E-state index contributed by atoms with van der Waals surface area (Å²) in [6.45, 7) is 8.26. The Kier molecular flexibility index (Phi) is 4.36. The Bertz CT molecular complexity index is 399. The fraction of sp³-hybridized carbons (Fsp3) is 0.692. The fourth-order valence-electron chi connectivity index (χ4n) is 2.34. The molecule has 0 radical (unpaired) electrons. The van der Waals surface area contributed by atoms with Gasteiger partial charge in [-0.25, -0.2) is 9.97 Å².